The van der Waals surface area contributed by atoms with Crippen molar-refractivity contribution < 1.29 is 23.5 Å². The van der Waals surface area contributed by atoms with Crippen molar-refractivity contribution in [1.82, 2.24) is 15.8 Å². The number of benzene rings is 2. The highest BCUT2D eigenvalue weighted by atomic mass is 16.5. The van der Waals surface area contributed by atoms with E-state index in [0.29, 0.717) is 50.5 Å². The highest BCUT2D eigenvalue weighted by molar-refractivity contribution is 6.01. The van der Waals surface area contributed by atoms with Gasteiger partial charge >= 0.3 is 5.97 Å². The lowest BCUT2D eigenvalue weighted by molar-refractivity contribution is -0.145. The number of carbonyl (C=O) groups is 3. The highest BCUT2D eigenvalue weighted by Crippen LogP contribution is 2.48. The number of anilines is 1. The fourth-order valence-corrected chi connectivity index (χ4v) is 5.92. The fraction of sp³-hybridized carbons (Fsp3) is 0.387. The summed E-state index contributed by atoms with van der Waals surface area (Å²) in [6, 6.07) is 18.4. The minimum Gasteiger partial charge on any atom is -0.466 e. The van der Waals surface area contributed by atoms with Gasteiger partial charge in [0.05, 0.1) is 13.0 Å². The van der Waals surface area contributed by atoms with Crippen molar-refractivity contribution in [3.63, 3.8) is 0 Å². The molecule has 5 rings (SSSR count). The Labute approximate surface area is 239 Å². The second-order valence-corrected chi connectivity index (χ2v) is 10.5. The molecule has 1 fully saturated rings. The quantitative estimate of drug-likeness (QED) is 0.270. The van der Waals surface area contributed by atoms with E-state index in [0.717, 1.165) is 22.4 Å². The molecule has 0 radical (unpaired) electrons. The number of rotatable bonds is 9. The monoisotopic (exact) mass is 559 g/mol. The topological polar surface area (TPSA) is 130 Å². The normalized spacial score (nSPS) is 16.5. The Balaban J connectivity index is 1.35. The molecule has 10 nitrogen and oxygen atoms in total. The Kier molecular flexibility index (Phi) is 8.53. The second kappa shape index (κ2) is 12.3. The summed E-state index contributed by atoms with van der Waals surface area (Å²) in [5.74, 6) is 0.170. The minimum absolute atomic E-state index is 0.0936. The molecule has 1 saturated heterocycles. The smallest absolute Gasteiger partial charge is 0.307 e. The predicted molar refractivity (Wildman–Crippen MR) is 155 cm³/mol. The van der Waals surface area contributed by atoms with Gasteiger partial charge in [0.15, 0.2) is 5.76 Å². The van der Waals surface area contributed by atoms with E-state index in [2.05, 4.69) is 16.9 Å². The lowest BCUT2D eigenvalue weighted by Gasteiger charge is -2.39. The van der Waals surface area contributed by atoms with Crippen molar-refractivity contribution in [2.75, 3.05) is 38.2 Å². The van der Waals surface area contributed by atoms with Crippen molar-refractivity contribution in [3.05, 3.63) is 77.6 Å². The largest absolute Gasteiger partial charge is 0.466 e. The summed E-state index contributed by atoms with van der Waals surface area (Å²) in [4.78, 5) is 43.0. The molecule has 1 unspecified atom stereocenters. The van der Waals surface area contributed by atoms with Gasteiger partial charge in [-0.25, -0.2) is 5.43 Å². The van der Waals surface area contributed by atoms with Gasteiger partial charge in [-0.15, -0.1) is 0 Å². The number of nitrogens with two attached hydrogens (primary N) is 1. The molecule has 0 aliphatic carbocycles. The van der Waals surface area contributed by atoms with Crippen molar-refractivity contribution in [2.45, 2.75) is 44.2 Å². The third-order valence-electron chi connectivity index (χ3n) is 8.06. The van der Waals surface area contributed by atoms with Crippen LogP contribution in [0.4, 0.5) is 5.69 Å². The third-order valence-corrected chi connectivity index (χ3v) is 8.06. The number of esters is 1. The lowest BCUT2D eigenvalue weighted by Crippen LogP contribution is -2.53. The van der Waals surface area contributed by atoms with E-state index < -0.39 is 12.0 Å². The van der Waals surface area contributed by atoms with Crippen LogP contribution in [-0.4, -0.2) is 62.0 Å². The summed E-state index contributed by atoms with van der Waals surface area (Å²) in [5.41, 5.74) is 15.2. The molecule has 1 atom stereocenters. The molecule has 216 valence electrons. The molecular formula is C31H37N5O5. The summed E-state index contributed by atoms with van der Waals surface area (Å²) in [6.45, 7) is 3.88. The maximum absolute atomic E-state index is 13.8. The second-order valence-electron chi connectivity index (χ2n) is 10.5. The van der Waals surface area contributed by atoms with Gasteiger partial charge < -0.3 is 24.7 Å². The fourth-order valence-electron chi connectivity index (χ4n) is 5.92. The number of piperidine rings is 1. The number of hydrogen-bond acceptors (Lipinski definition) is 8. The van der Waals surface area contributed by atoms with Gasteiger partial charge in [0, 0.05) is 42.8 Å². The van der Waals surface area contributed by atoms with Gasteiger partial charge in [-0.05, 0) is 56.1 Å². The predicted octanol–water partition coefficient (Wildman–Crippen LogP) is 2.97. The molecule has 41 heavy (non-hydrogen) atoms. The number of amides is 2. The molecule has 2 amide bonds. The molecule has 2 aromatic carbocycles. The molecule has 4 N–H and O–H groups in total. The first-order chi connectivity index (χ1) is 19.9. The van der Waals surface area contributed by atoms with Crippen LogP contribution >= 0.6 is 0 Å². The van der Waals surface area contributed by atoms with Crippen LogP contribution < -0.4 is 21.5 Å². The molecule has 10 heteroatoms. The van der Waals surface area contributed by atoms with Crippen molar-refractivity contribution in [1.29, 1.82) is 0 Å². The first-order valence-electron chi connectivity index (χ1n) is 14.1. The van der Waals surface area contributed by atoms with Crippen LogP contribution in [0.1, 0.15) is 47.9 Å². The Morgan fingerprint density at radius 3 is 2.51 bits per heavy atom. The van der Waals surface area contributed by atoms with Gasteiger partial charge in [0.2, 0.25) is 5.91 Å². The standard InChI is InChI=1S/C31H37N5O5/c1-3-40-28(37)18-24(34-33-2)29(38)36-20-31(23-17-21(19-32)9-10-25(23)36)13-15-35(16-14-31)30(39)27-12-11-26(41-27)22-7-5-4-6-8-22/h4-12,17,24,33-34H,3,13-16,18-20,32H2,1-2H3. The van der Waals surface area contributed by atoms with E-state index in [4.69, 9.17) is 14.9 Å². The van der Waals surface area contributed by atoms with E-state index in [1.807, 2.05) is 53.4 Å². The molecule has 1 spiro atoms. The zero-order valence-electron chi connectivity index (χ0n) is 23.5. The summed E-state index contributed by atoms with van der Waals surface area (Å²) in [6.07, 6.45) is 1.26. The summed E-state index contributed by atoms with van der Waals surface area (Å²) in [5, 5.41) is 0. The zero-order chi connectivity index (χ0) is 29.0. The van der Waals surface area contributed by atoms with Crippen LogP contribution in [0.25, 0.3) is 11.3 Å². The average Bonchev–Trinajstić information content (AvgIpc) is 3.61. The van der Waals surface area contributed by atoms with E-state index in [-0.39, 0.29) is 30.3 Å². The van der Waals surface area contributed by atoms with Gasteiger partial charge in [0.1, 0.15) is 11.8 Å². The van der Waals surface area contributed by atoms with Gasteiger partial charge in [-0.2, -0.15) is 0 Å². The maximum Gasteiger partial charge on any atom is 0.307 e. The number of nitrogens with one attached hydrogen (secondary N) is 2. The molecule has 1 aromatic heterocycles. The SMILES string of the molecule is CCOC(=O)CC(NNC)C(=O)N1CC2(CCN(C(=O)c3ccc(-c4ccccc4)o3)CC2)c2cc(CN)ccc21. The van der Waals surface area contributed by atoms with Crippen LogP contribution in [0.5, 0.6) is 0 Å². The molecule has 0 bridgehead atoms. The van der Waals surface area contributed by atoms with Crippen molar-refractivity contribution in [3.8, 4) is 11.3 Å². The molecular weight excluding hydrogens is 522 g/mol. The van der Waals surface area contributed by atoms with Gasteiger partial charge in [-0.3, -0.25) is 19.8 Å². The number of hydrazine groups is 1. The van der Waals surface area contributed by atoms with Crippen LogP contribution in [0.3, 0.4) is 0 Å². The Bertz CT molecular complexity index is 1400. The number of fused-ring (bicyclic) bond motifs is 2. The van der Waals surface area contributed by atoms with E-state index in [9.17, 15) is 14.4 Å². The van der Waals surface area contributed by atoms with E-state index in [1.165, 1.54) is 0 Å². The number of furan rings is 1. The minimum atomic E-state index is -0.796. The molecule has 3 aromatic rings. The number of carbonyl (C=O) groups excluding carboxylic acids is 3. The number of likely N-dealkylation sites (tertiary alicyclic amines) is 1. The lowest BCUT2D eigenvalue weighted by atomic mass is 9.74. The average molecular weight is 560 g/mol. The number of hydrogen-bond donors (Lipinski definition) is 3. The van der Waals surface area contributed by atoms with Crippen LogP contribution in [-0.2, 0) is 26.3 Å². The zero-order valence-corrected chi connectivity index (χ0v) is 23.5. The van der Waals surface area contributed by atoms with E-state index in [1.54, 1.807) is 24.9 Å². The Morgan fingerprint density at radius 2 is 1.83 bits per heavy atom. The van der Waals surface area contributed by atoms with E-state index >= 15 is 0 Å². The molecule has 0 saturated carbocycles. The van der Waals surface area contributed by atoms with Gasteiger partial charge in [-0.1, -0.05) is 42.5 Å². The van der Waals surface area contributed by atoms with Crippen LogP contribution in [0, 0.1) is 0 Å². The molecule has 3 heterocycles. The first-order valence-corrected chi connectivity index (χ1v) is 14.1. The number of ether oxygens (including phenoxy) is 1. The molecule has 2 aliphatic rings. The summed E-state index contributed by atoms with van der Waals surface area (Å²) < 4.78 is 11.0. The number of nitrogens with zero attached hydrogens (tertiary/aromatic N) is 2. The Hall–Kier alpha value is -3.99. The van der Waals surface area contributed by atoms with Crippen molar-refractivity contribution >= 4 is 23.5 Å². The third kappa shape index (κ3) is 5.76. The highest BCUT2D eigenvalue weighted by Gasteiger charge is 2.48. The first kappa shape index (κ1) is 28.5. The maximum atomic E-state index is 13.8. The van der Waals surface area contributed by atoms with Gasteiger partial charge in [0.25, 0.3) is 5.91 Å². The van der Waals surface area contributed by atoms with Crippen LogP contribution in [0.15, 0.2) is 65.1 Å². The Morgan fingerprint density at radius 1 is 1.07 bits per heavy atom. The van der Waals surface area contributed by atoms with Crippen molar-refractivity contribution in [2.24, 2.45) is 5.73 Å². The van der Waals surface area contributed by atoms with Crippen LogP contribution in [0.2, 0.25) is 0 Å². The molecule has 2 aliphatic heterocycles. The summed E-state index contributed by atoms with van der Waals surface area (Å²) >= 11 is 0. The summed E-state index contributed by atoms with van der Waals surface area (Å²) in [7, 11) is 1.66.